The Morgan fingerprint density at radius 3 is 2.47 bits per heavy atom. The second kappa shape index (κ2) is 9.82. The van der Waals surface area contributed by atoms with Gasteiger partial charge in [0, 0.05) is 30.5 Å². The van der Waals surface area contributed by atoms with Gasteiger partial charge in [0.15, 0.2) is 11.8 Å². The lowest BCUT2D eigenvalue weighted by molar-refractivity contribution is -0.138. The fourth-order valence-electron chi connectivity index (χ4n) is 3.66. The van der Waals surface area contributed by atoms with Gasteiger partial charge < -0.3 is 20.6 Å². The topological polar surface area (TPSA) is 116 Å². The quantitative estimate of drug-likeness (QED) is 0.560. The van der Waals surface area contributed by atoms with Gasteiger partial charge in [-0.05, 0) is 43.2 Å². The number of likely N-dealkylation sites (N-methyl/N-ethyl adjacent to an activating group) is 1. The zero-order valence-corrected chi connectivity index (χ0v) is 18.7. The Morgan fingerprint density at radius 2 is 1.82 bits per heavy atom. The summed E-state index contributed by atoms with van der Waals surface area (Å²) in [6, 6.07) is 4.43. The normalized spacial score (nSPS) is 16.7. The third-order valence-corrected chi connectivity index (χ3v) is 5.45. The minimum Gasteiger partial charge on any atom is -0.481 e. The zero-order valence-electron chi connectivity index (χ0n) is 18.7. The maximum absolute atomic E-state index is 14.3. The van der Waals surface area contributed by atoms with Crippen LogP contribution in [-0.4, -0.2) is 46.8 Å². The summed E-state index contributed by atoms with van der Waals surface area (Å²) in [5.74, 6) is -3.98. The number of benzene rings is 2. The number of nitrogens with zero attached hydrogens (tertiary/aromatic N) is 1. The molecule has 2 unspecified atom stereocenters. The van der Waals surface area contributed by atoms with Crippen molar-refractivity contribution in [3.63, 3.8) is 0 Å². The molecule has 0 fully saturated rings. The summed E-state index contributed by atoms with van der Waals surface area (Å²) in [5.41, 5.74) is 1.90. The molecular formula is C24H23F2N3O5. The summed E-state index contributed by atoms with van der Waals surface area (Å²) in [4.78, 5) is 49.9. The Balaban J connectivity index is 1.88. The van der Waals surface area contributed by atoms with Crippen molar-refractivity contribution in [2.24, 2.45) is 0 Å². The number of carbonyl (C=O) groups excluding carboxylic acids is 3. The maximum Gasteiger partial charge on any atom is 0.316 e. The average molecular weight is 471 g/mol. The molecule has 1 aliphatic rings. The lowest BCUT2D eigenvalue weighted by Gasteiger charge is -2.28. The van der Waals surface area contributed by atoms with Gasteiger partial charge in [-0.1, -0.05) is 17.7 Å². The van der Waals surface area contributed by atoms with Crippen molar-refractivity contribution >= 4 is 23.7 Å². The number of carboxylic acids is 1. The lowest BCUT2D eigenvalue weighted by Crippen LogP contribution is -2.56. The first-order chi connectivity index (χ1) is 16.0. The number of carbonyl (C=O) groups is 4. The summed E-state index contributed by atoms with van der Waals surface area (Å²) >= 11 is 0. The van der Waals surface area contributed by atoms with Gasteiger partial charge in [0.2, 0.25) is 0 Å². The third-order valence-electron chi connectivity index (χ3n) is 5.45. The van der Waals surface area contributed by atoms with Gasteiger partial charge in [0.25, 0.3) is 5.91 Å². The Hall–Kier alpha value is -4.08. The number of allylic oxidation sites excluding steroid dienone is 1. The average Bonchev–Trinajstić information content (AvgIpc) is 2.74. The summed E-state index contributed by atoms with van der Waals surface area (Å²) in [6.45, 7) is 3.28. The number of hydrogen-bond acceptors (Lipinski definition) is 4. The van der Waals surface area contributed by atoms with E-state index >= 15 is 0 Å². The molecule has 0 saturated carbocycles. The predicted octanol–water partition coefficient (Wildman–Crippen LogP) is 3.07. The van der Waals surface area contributed by atoms with E-state index in [4.69, 9.17) is 0 Å². The van der Waals surface area contributed by atoms with Crippen LogP contribution in [0.15, 0.2) is 48.2 Å². The molecule has 0 spiro atoms. The van der Waals surface area contributed by atoms with E-state index in [0.29, 0.717) is 22.4 Å². The van der Waals surface area contributed by atoms with Crippen LogP contribution in [0.25, 0.3) is 11.1 Å². The fraction of sp³-hybridized carbons (Fsp3) is 0.250. The number of aryl methyl sites for hydroxylation is 1. The monoisotopic (exact) mass is 471 g/mol. The van der Waals surface area contributed by atoms with E-state index in [1.165, 1.54) is 30.2 Å². The Bertz CT molecular complexity index is 1210. The van der Waals surface area contributed by atoms with Crippen LogP contribution in [0.4, 0.5) is 13.6 Å². The van der Waals surface area contributed by atoms with Crippen LogP contribution in [0, 0.1) is 18.6 Å². The number of aliphatic carboxylic acids is 1. The molecule has 0 radical (unpaired) electrons. The number of rotatable bonds is 6. The molecule has 178 valence electrons. The number of amides is 3. The number of ketones is 1. The van der Waals surface area contributed by atoms with E-state index in [2.05, 4.69) is 10.6 Å². The van der Waals surface area contributed by atoms with Gasteiger partial charge in [-0.3, -0.25) is 14.4 Å². The van der Waals surface area contributed by atoms with Crippen LogP contribution in [-0.2, 0) is 14.4 Å². The number of urea groups is 1. The second-order valence-corrected chi connectivity index (χ2v) is 8.04. The number of carboxylic acid groups (broad SMARTS) is 1. The minimum absolute atomic E-state index is 0.105. The number of hydrogen-bond donors (Lipinski definition) is 3. The zero-order chi connectivity index (χ0) is 25.2. The summed E-state index contributed by atoms with van der Waals surface area (Å²) < 4.78 is 27.6. The molecule has 2 aromatic rings. The molecule has 10 heteroatoms. The standard InChI is InChI=1S/C24H23F2N3O5/c1-12-6-14(17-5-4-16(25)10-18(17)26)9-15(7-12)19(11-21(31)32)27-24(34)28-22-20(30)8-13(2)29(3)23(22)33/h4-10,19,22H,11H2,1-3H3,(H,31,32)(H2,27,28,34). The van der Waals surface area contributed by atoms with Crippen molar-refractivity contribution in [2.75, 3.05) is 7.05 Å². The van der Waals surface area contributed by atoms with Gasteiger partial charge in [-0.2, -0.15) is 0 Å². The number of halogens is 2. The Morgan fingerprint density at radius 1 is 1.12 bits per heavy atom. The molecule has 0 saturated heterocycles. The molecule has 8 nitrogen and oxygen atoms in total. The van der Waals surface area contributed by atoms with Crippen molar-refractivity contribution in [1.82, 2.24) is 15.5 Å². The smallest absolute Gasteiger partial charge is 0.316 e. The molecule has 34 heavy (non-hydrogen) atoms. The highest BCUT2D eigenvalue weighted by Crippen LogP contribution is 2.29. The van der Waals surface area contributed by atoms with Gasteiger partial charge in [0.1, 0.15) is 11.6 Å². The molecule has 3 amide bonds. The first-order valence-corrected chi connectivity index (χ1v) is 10.3. The van der Waals surface area contributed by atoms with Gasteiger partial charge >= 0.3 is 12.0 Å². The third kappa shape index (κ3) is 5.45. The van der Waals surface area contributed by atoms with Crippen LogP contribution in [0.5, 0.6) is 0 Å². The van der Waals surface area contributed by atoms with Crippen molar-refractivity contribution < 1.29 is 33.1 Å². The molecule has 2 atom stereocenters. The first-order valence-electron chi connectivity index (χ1n) is 10.3. The summed E-state index contributed by atoms with van der Waals surface area (Å²) in [5, 5.41) is 14.1. The molecular weight excluding hydrogens is 448 g/mol. The number of nitrogens with one attached hydrogen (secondary N) is 2. The van der Waals surface area contributed by atoms with Crippen LogP contribution < -0.4 is 10.6 Å². The van der Waals surface area contributed by atoms with Crippen LogP contribution >= 0.6 is 0 Å². The molecule has 0 aliphatic carbocycles. The van der Waals surface area contributed by atoms with Crippen LogP contribution in [0.1, 0.15) is 30.5 Å². The first kappa shape index (κ1) is 24.6. The van der Waals surface area contributed by atoms with E-state index in [9.17, 15) is 33.1 Å². The molecule has 1 heterocycles. The lowest BCUT2D eigenvalue weighted by atomic mass is 9.95. The van der Waals surface area contributed by atoms with E-state index in [0.717, 1.165) is 12.1 Å². The summed E-state index contributed by atoms with van der Waals surface area (Å²) in [7, 11) is 1.46. The van der Waals surface area contributed by atoms with E-state index in [1.54, 1.807) is 26.0 Å². The van der Waals surface area contributed by atoms with Gasteiger partial charge in [-0.25, -0.2) is 13.6 Å². The van der Waals surface area contributed by atoms with Gasteiger partial charge in [-0.15, -0.1) is 0 Å². The molecule has 0 bridgehead atoms. The van der Waals surface area contributed by atoms with E-state index < -0.39 is 53.8 Å². The highest BCUT2D eigenvalue weighted by molar-refractivity contribution is 6.14. The van der Waals surface area contributed by atoms with Crippen LogP contribution in [0.3, 0.4) is 0 Å². The van der Waals surface area contributed by atoms with Crippen molar-refractivity contribution in [2.45, 2.75) is 32.4 Å². The van der Waals surface area contributed by atoms with E-state index in [-0.39, 0.29) is 5.56 Å². The fourth-order valence-corrected chi connectivity index (χ4v) is 3.66. The summed E-state index contributed by atoms with van der Waals surface area (Å²) in [6.07, 6.45) is 0.707. The predicted molar refractivity (Wildman–Crippen MR) is 119 cm³/mol. The van der Waals surface area contributed by atoms with E-state index in [1.807, 2.05) is 0 Å². The largest absolute Gasteiger partial charge is 0.481 e. The highest BCUT2D eigenvalue weighted by atomic mass is 19.1. The molecule has 0 aromatic heterocycles. The Kier molecular flexibility index (Phi) is 7.09. The molecule has 1 aliphatic heterocycles. The molecule has 2 aromatic carbocycles. The van der Waals surface area contributed by atoms with Crippen molar-refractivity contribution in [3.05, 3.63) is 70.9 Å². The van der Waals surface area contributed by atoms with Crippen LogP contribution in [0.2, 0.25) is 0 Å². The molecule has 3 rings (SSSR count). The molecule has 3 N–H and O–H groups in total. The van der Waals surface area contributed by atoms with Crippen molar-refractivity contribution in [3.8, 4) is 11.1 Å². The minimum atomic E-state index is -1.44. The maximum atomic E-state index is 14.3. The SMILES string of the molecule is CC1=CC(=O)C(NC(=O)NC(CC(=O)O)c2cc(C)cc(-c3ccc(F)cc3F)c2)C(=O)N1C. The van der Waals surface area contributed by atoms with Gasteiger partial charge in [0.05, 0.1) is 12.5 Å². The van der Waals surface area contributed by atoms with Crippen molar-refractivity contribution in [1.29, 1.82) is 0 Å². The Labute approximate surface area is 194 Å². The second-order valence-electron chi connectivity index (χ2n) is 8.04. The highest BCUT2D eigenvalue weighted by Gasteiger charge is 2.34.